The Kier molecular flexibility index (Phi) is 11.5. The van der Waals surface area contributed by atoms with E-state index >= 15 is 0 Å². The zero-order valence-corrected chi connectivity index (χ0v) is 46.6. The molecule has 4 bridgehead atoms. The molecule has 2 nitrogen and oxygen atoms in total. The van der Waals surface area contributed by atoms with Gasteiger partial charge in [-0.3, -0.25) is 0 Å². The predicted molar refractivity (Wildman–Crippen MR) is 324 cm³/mol. The lowest BCUT2D eigenvalue weighted by Gasteiger charge is -2.61. The molecule has 4 saturated carbocycles. The van der Waals surface area contributed by atoms with Crippen LogP contribution in [0.4, 0.5) is 34.1 Å². The highest BCUT2D eigenvalue weighted by Gasteiger charge is 2.62. The number of aryl methyl sites for hydroxylation is 4. The number of anilines is 6. The predicted octanol–water partition coefficient (Wildman–Crippen LogP) is 20.7. The zero-order chi connectivity index (χ0) is 52.4. The second-order valence-electron chi connectivity index (χ2n) is 25.7. The lowest BCUT2D eigenvalue weighted by molar-refractivity contribution is -0.0398. The summed E-state index contributed by atoms with van der Waals surface area (Å²) in [5.74, 6) is 2.81. The van der Waals surface area contributed by atoms with Gasteiger partial charge < -0.3 is 9.80 Å². The second-order valence-corrected chi connectivity index (χ2v) is 25.7. The molecule has 0 aliphatic heterocycles. The van der Waals surface area contributed by atoms with E-state index in [0.29, 0.717) is 11.8 Å². The van der Waals surface area contributed by atoms with Crippen LogP contribution in [0.15, 0.2) is 182 Å². The molecule has 4 fully saturated rings. The highest BCUT2D eigenvalue weighted by Crippen LogP contribution is 2.71. The van der Waals surface area contributed by atoms with Crippen molar-refractivity contribution in [3.05, 3.63) is 226 Å². The quantitative estimate of drug-likeness (QED) is 0.150. The first-order chi connectivity index (χ1) is 36.6. The van der Waals surface area contributed by atoms with Crippen LogP contribution < -0.4 is 9.80 Å². The Morgan fingerprint density at radius 2 is 0.763 bits per heavy atom. The van der Waals surface area contributed by atoms with E-state index in [4.69, 9.17) is 0 Å². The zero-order valence-electron chi connectivity index (χ0n) is 46.6. The minimum atomic E-state index is -0.106. The Bertz CT molecular complexity index is 3700. The topological polar surface area (TPSA) is 6.48 Å². The summed E-state index contributed by atoms with van der Waals surface area (Å²) in [6, 6.07) is 70.7. The van der Waals surface area contributed by atoms with E-state index in [1.54, 1.807) is 11.1 Å². The van der Waals surface area contributed by atoms with Gasteiger partial charge in [-0.1, -0.05) is 157 Å². The van der Waals surface area contributed by atoms with E-state index < -0.39 is 0 Å². The van der Waals surface area contributed by atoms with Gasteiger partial charge in [0.05, 0.1) is 5.69 Å². The molecule has 14 rings (SSSR count). The van der Waals surface area contributed by atoms with Crippen molar-refractivity contribution in [1.82, 2.24) is 0 Å². The molecule has 0 N–H and O–H groups in total. The van der Waals surface area contributed by atoms with Gasteiger partial charge in [0.1, 0.15) is 0 Å². The van der Waals surface area contributed by atoms with Crippen molar-refractivity contribution in [1.29, 1.82) is 0 Å². The molecule has 2 heteroatoms. The number of fused-ring (bicyclic) bond motifs is 5. The fraction of sp³-hybridized carbons (Fsp3) is 0.297. The molecule has 9 aromatic rings. The molecule has 9 aromatic carbocycles. The molecule has 76 heavy (non-hydrogen) atoms. The summed E-state index contributed by atoms with van der Waals surface area (Å²) in [4.78, 5) is 5.16. The third kappa shape index (κ3) is 7.79. The molecule has 380 valence electrons. The minimum Gasteiger partial charge on any atom is -0.310 e. The molecule has 1 spiro atoms. The lowest BCUT2D eigenvalue weighted by atomic mass is 9.43. The molecule has 0 aromatic heterocycles. The van der Waals surface area contributed by atoms with E-state index in [9.17, 15) is 0 Å². The average molecular weight is 991 g/mol. The van der Waals surface area contributed by atoms with Gasteiger partial charge in [-0.05, 0) is 244 Å². The number of rotatable bonds is 8. The standard InChI is InChI=1S/C74H74N2/c1-46-17-11-13-19-61(46)63-34-31-58(37-48(63)3)75(56-27-23-52(24-28-56)72(5,6)7)60-33-36-67-68(44-60)74(54-40-50-39-51(42-54)43-55(74)41-50)69-45-70(65-21-15-16-22-66(65)71(67)69)76(57-29-25-53(26-30-57)73(8,9)10)59-32-35-64(49(4)38-59)62-20-14-12-18-47(62)2/h11-38,44-45,50-51,54-55H,39-43H2,1-10H3. The lowest BCUT2D eigenvalue weighted by Crippen LogP contribution is -2.55. The Labute approximate surface area is 453 Å². The number of hydrogen-bond donors (Lipinski definition) is 0. The van der Waals surface area contributed by atoms with Gasteiger partial charge in [-0.15, -0.1) is 0 Å². The minimum absolute atomic E-state index is 0.0426. The Hall–Kier alpha value is -7.16. The second kappa shape index (κ2) is 18.0. The Morgan fingerprint density at radius 3 is 1.25 bits per heavy atom. The first kappa shape index (κ1) is 48.5. The molecular weight excluding hydrogens is 917 g/mol. The van der Waals surface area contributed by atoms with Gasteiger partial charge in [0.2, 0.25) is 0 Å². The SMILES string of the molecule is Cc1ccccc1-c1ccc(N(c2ccc(C(C)(C)C)cc2)c2ccc3c(c2)C2(c4cc(N(c5ccc(C(C)(C)C)cc5)c5ccc(-c6ccccc6C)c(C)c5)c5ccccc5c4-3)C3CC4CC(C3)CC2C4)cc1C. The van der Waals surface area contributed by atoms with Crippen molar-refractivity contribution >= 4 is 44.9 Å². The fourth-order valence-electron chi connectivity index (χ4n) is 15.4. The highest BCUT2D eigenvalue weighted by atomic mass is 15.1. The van der Waals surface area contributed by atoms with Gasteiger partial charge >= 0.3 is 0 Å². The average Bonchev–Trinajstić information content (AvgIpc) is 3.66. The number of hydrogen-bond acceptors (Lipinski definition) is 2. The van der Waals surface area contributed by atoms with Crippen molar-refractivity contribution in [2.75, 3.05) is 9.80 Å². The van der Waals surface area contributed by atoms with Crippen LogP contribution in [0.25, 0.3) is 44.2 Å². The van der Waals surface area contributed by atoms with Crippen LogP contribution in [0.1, 0.15) is 118 Å². The monoisotopic (exact) mass is 991 g/mol. The molecule has 0 radical (unpaired) electrons. The van der Waals surface area contributed by atoms with Crippen molar-refractivity contribution in [3.63, 3.8) is 0 Å². The van der Waals surface area contributed by atoms with Crippen LogP contribution in [0.3, 0.4) is 0 Å². The summed E-state index contributed by atoms with van der Waals surface area (Å²) in [7, 11) is 0. The summed E-state index contributed by atoms with van der Waals surface area (Å²) in [5, 5.41) is 2.65. The van der Waals surface area contributed by atoms with Gasteiger partial charge in [0.25, 0.3) is 0 Å². The van der Waals surface area contributed by atoms with Crippen LogP contribution >= 0.6 is 0 Å². The van der Waals surface area contributed by atoms with Gasteiger partial charge in [-0.25, -0.2) is 0 Å². The molecule has 0 amide bonds. The normalized spacial score (nSPS) is 20.3. The number of nitrogens with zero attached hydrogens (tertiary/aromatic N) is 2. The smallest absolute Gasteiger partial charge is 0.0543 e. The summed E-state index contributed by atoms with van der Waals surface area (Å²) in [6.45, 7) is 23.0. The molecule has 5 aliphatic rings. The van der Waals surface area contributed by atoms with Crippen molar-refractivity contribution in [3.8, 4) is 33.4 Å². The van der Waals surface area contributed by atoms with Gasteiger partial charge in [0.15, 0.2) is 0 Å². The van der Waals surface area contributed by atoms with E-state index in [2.05, 4.69) is 261 Å². The summed E-state index contributed by atoms with van der Waals surface area (Å²) >= 11 is 0. The van der Waals surface area contributed by atoms with Gasteiger partial charge in [-0.2, -0.15) is 0 Å². The highest BCUT2D eigenvalue weighted by molar-refractivity contribution is 6.10. The molecule has 0 unspecified atom stereocenters. The van der Waals surface area contributed by atoms with Crippen LogP contribution in [0.2, 0.25) is 0 Å². The van der Waals surface area contributed by atoms with Crippen LogP contribution in [0.5, 0.6) is 0 Å². The maximum atomic E-state index is 2.72. The summed E-state index contributed by atoms with van der Waals surface area (Å²) < 4.78 is 0. The molecular formula is C74H74N2. The Balaban J connectivity index is 1.04. The summed E-state index contributed by atoms with van der Waals surface area (Å²) in [6.07, 6.45) is 6.67. The Morgan fingerprint density at radius 1 is 0.355 bits per heavy atom. The third-order valence-corrected chi connectivity index (χ3v) is 18.9. The van der Waals surface area contributed by atoms with Crippen LogP contribution in [-0.2, 0) is 16.2 Å². The van der Waals surface area contributed by atoms with E-state index in [1.807, 2.05) is 0 Å². The number of benzene rings is 9. The van der Waals surface area contributed by atoms with E-state index in [1.165, 1.54) is 144 Å². The first-order valence-electron chi connectivity index (χ1n) is 28.4. The van der Waals surface area contributed by atoms with Crippen molar-refractivity contribution in [2.45, 2.75) is 118 Å². The summed E-state index contributed by atoms with van der Waals surface area (Å²) in [5.41, 5.74) is 26.3. The van der Waals surface area contributed by atoms with Gasteiger partial charge in [0, 0.05) is 39.2 Å². The fourth-order valence-corrected chi connectivity index (χ4v) is 15.4. The van der Waals surface area contributed by atoms with Crippen molar-refractivity contribution < 1.29 is 0 Å². The molecule has 0 saturated heterocycles. The van der Waals surface area contributed by atoms with Crippen LogP contribution in [0, 0.1) is 51.4 Å². The van der Waals surface area contributed by atoms with E-state index in [-0.39, 0.29) is 16.2 Å². The third-order valence-electron chi connectivity index (χ3n) is 18.9. The molecule has 0 atom stereocenters. The molecule has 5 aliphatic carbocycles. The first-order valence-corrected chi connectivity index (χ1v) is 28.4. The van der Waals surface area contributed by atoms with Crippen molar-refractivity contribution in [2.24, 2.45) is 23.7 Å². The largest absolute Gasteiger partial charge is 0.310 e. The van der Waals surface area contributed by atoms with E-state index in [0.717, 1.165) is 11.8 Å². The molecule has 0 heterocycles. The maximum Gasteiger partial charge on any atom is 0.0543 e. The maximum absolute atomic E-state index is 2.72. The van der Waals surface area contributed by atoms with Crippen LogP contribution in [-0.4, -0.2) is 0 Å².